The van der Waals surface area contributed by atoms with Crippen molar-refractivity contribution in [2.45, 2.75) is 19.3 Å². The first-order valence-corrected chi connectivity index (χ1v) is 7.97. The number of aryl methyl sites for hydroxylation is 1. The summed E-state index contributed by atoms with van der Waals surface area (Å²) in [5, 5.41) is 0. The highest BCUT2D eigenvalue weighted by molar-refractivity contribution is 5.72. The Morgan fingerprint density at radius 1 is 1.21 bits per heavy atom. The first-order chi connectivity index (χ1) is 11.7. The number of esters is 1. The molecule has 1 aliphatic heterocycles. The van der Waals surface area contributed by atoms with Crippen molar-refractivity contribution >= 4 is 11.7 Å². The molecule has 2 aromatic carbocycles. The van der Waals surface area contributed by atoms with Gasteiger partial charge in [-0.1, -0.05) is 24.3 Å². The molecule has 0 radical (unpaired) electrons. The Hall–Kier alpha value is -2.69. The van der Waals surface area contributed by atoms with Gasteiger partial charge in [0, 0.05) is 5.69 Å². The van der Waals surface area contributed by atoms with E-state index in [1.54, 1.807) is 0 Å². The van der Waals surface area contributed by atoms with Crippen molar-refractivity contribution in [1.29, 1.82) is 0 Å². The smallest absolute Gasteiger partial charge is 0.309 e. The zero-order chi connectivity index (χ0) is 16.9. The first-order valence-electron chi connectivity index (χ1n) is 7.97. The highest BCUT2D eigenvalue weighted by atomic mass is 16.7. The number of carbonyl (C=O) groups excluding carboxylic acids is 1. The lowest BCUT2D eigenvalue weighted by Gasteiger charge is -2.15. The highest BCUT2D eigenvalue weighted by Crippen LogP contribution is 2.33. The van der Waals surface area contributed by atoms with Gasteiger partial charge in [-0.2, -0.15) is 0 Å². The van der Waals surface area contributed by atoms with Crippen LogP contribution in [0, 0.1) is 5.92 Å². The molecule has 1 heterocycles. The lowest BCUT2D eigenvalue weighted by Crippen LogP contribution is -2.19. The molecule has 0 aliphatic carbocycles. The van der Waals surface area contributed by atoms with Crippen molar-refractivity contribution in [1.82, 2.24) is 0 Å². The van der Waals surface area contributed by atoms with Crippen LogP contribution in [0.25, 0.3) is 0 Å². The summed E-state index contributed by atoms with van der Waals surface area (Å²) >= 11 is 0. The third-order valence-electron chi connectivity index (χ3n) is 4.27. The molecule has 2 aromatic rings. The van der Waals surface area contributed by atoms with Crippen LogP contribution >= 0.6 is 0 Å². The van der Waals surface area contributed by atoms with Crippen LogP contribution in [-0.2, 0) is 22.4 Å². The summed E-state index contributed by atoms with van der Waals surface area (Å²) in [6.45, 7) is 0.243. The number of ether oxygens (including phenoxy) is 3. The maximum atomic E-state index is 12.1. The first kappa shape index (κ1) is 16.2. The average Bonchev–Trinajstić information content (AvgIpc) is 3.07. The minimum Gasteiger partial charge on any atom is -0.469 e. The normalized spacial score (nSPS) is 13.5. The van der Waals surface area contributed by atoms with E-state index in [2.05, 4.69) is 0 Å². The summed E-state index contributed by atoms with van der Waals surface area (Å²) in [5.41, 5.74) is 8.81. The van der Waals surface area contributed by atoms with Crippen molar-refractivity contribution in [3.63, 3.8) is 0 Å². The maximum absolute atomic E-state index is 12.1. The number of carbonyl (C=O) groups is 1. The summed E-state index contributed by atoms with van der Waals surface area (Å²) in [6.07, 6.45) is 2.00. The molecular formula is C19H21NO4. The van der Waals surface area contributed by atoms with Crippen molar-refractivity contribution < 1.29 is 19.0 Å². The van der Waals surface area contributed by atoms with Crippen molar-refractivity contribution in [2.24, 2.45) is 5.92 Å². The SMILES string of the molecule is COC(=O)C(CCc1ccccc1N)Cc1ccc2c(c1)OCO2. The number of anilines is 1. The van der Waals surface area contributed by atoms with Gasteiger partial charge in [0.1, 0.15) is 0 Å². The molecule has 5 heteroatoms. The molecule has 1 atom stereocenters. The molecule has 5 nitrogen and oxygen atoms in total. The third-order valence-corrected chi connectivity index (χ3v) is 4.27. The molecule has 0 bridgehead atoms. The van der Waals surface area contributed by atoms with Gasteiger partial charge in [-0.05, 0) is 48.6 Å². The molecule has 3 rings (SSSR count). The lowest BCUT2D eigenvalue weighted by atomic mass is 9.92. The second kappa shape index (κ2) is 7.25. The van der Waals surface area contributed by atoms with Crippen molar-refractivity contribution in [2.75, 3.05) is 19.6 Å². The van der Waals surface area contributed by atoms with Gasteiger partial charge in [-0.15, -0.1) is 0 Å². The summed E-state index contributed by atoms with van der Waals surface area (Å²) < 4.78 is 15.7. The molecular weight excluding hydrogens is 306 g/mol. The second-order valence-electron chi connectivity index (χ2n) is 5.85. The van der Waals surface area contributed by atoms with Crippen LogP contribution in [0.2, 0.25) is 0 Å². The van der Waals surface area contributed by atoms with Crippen molar-refractivity contribution in [3.8, 4) is 11.5 Å². The minimum absolute atomic E-state index is 0.206. The quantitative estimate of drug-likeness (QED) is 0.652. The number of hydrogen-bond acceptors (Lipinski definition) is 5. The Labute approximate surface area is 141 Å². The minimum atomic E-state index is -0.227. The van der Waals surface area contributed by atoms with E-state index < -0.39 is 0 Å². The van der Waals surface area contributed by atoms with E-state index in [1.165, 1.54) is 7.11 Å². The van der Waals surface area contributed by atoms with Gasteiger partial charge in [0.15, 0.2) is 11.5 Å². The summed E-state index contributed by atoms with van der Waals surface area (Å²) in [5.74, 6) is 1.03. The molecule has 1 unspecified atom stereocenters. The Bertz CT molecular complexity index is 729. The number of nitrogens with two attached hydrogens (primary N) is 1. The van der Waals surface area contributed by atoms with Crippen LogP contribution in [0.3, 0.4) is 0 Å². The predicted octanol–water partition coefficient (Wildman–Crippen LogP) is 2.96. The molecule has 1 aliphatic rings. The number of methoxy groups -OCH3 is 1. The van der Waals surface area contributed by atoms with E-state index in [0.29, 0.717) is 12.8 Å². The summed E-state index contributed by atoms with van der Waals surface area (Å²) in [7, 11) is 1.42. The van der Waals surface area contributed by atoms with Crippen molar-refractivity contribution in [3.05, 3.63) is 53.6 Å². The van der Waals surface area contributed by atoms with E-state index in [-0.39, 0.29) is 18.7 Å². The average molecular weight is 327 g/mol. The molecule has 0 fully saturated rings. The van der Waals surface area contributed by atoms with Gasteiger partial charge in [0.2, 0.25) is 6.79 Å². The Morgan fingerprint density at radius 2 is 2.00 bits per heavy atom. The Morgan fingerprint density at radius 3 is 2.79 bits per heavy atom. The zero-order valence-corrected chi connectivity index (χ0v) is 13.7. The Balaban J connectivity index is 1.70. The molecule has 0 aromatic heterocycles. The van der Waals surface area contributed by atoms with Crippen LogP contribution in [0.4, 0.5) is 5.69 Å². The van der Waals surface area contributed by atoms with Gasteiger partial charge in [-0.3, -0.25) is 4.79 Å². The molecule has 0 saturated heterocycles. The van der Waals surface area contributed by atoms with Gasteiger partial charge < -0.3 is 19.9 Å². The molecule has 0 spiro atoms. The van der Waals surface area contributed by atoms with Gasteiger partial charge in [-0.25, -0.2) is 0 Å². The highest BCUT2D eigenvalue weighted by Gasteiger charge is 2.22. The second-order valence-corrected chi connectivity index (χ2v) is 5.85. The van der Waals surface area contributed by atoms with E-state index in [0.717, 1.165) is 34.7 Å². The third kappa shape index (κ3) is 3.62. The van der Waals surface area contributed by atoms with E-state index in [9.17, 15) is 4.79 Å². The molecule has 126 valence electrons. The van der Waals surface area contributed by atoms with E-state index in [4.69, 9.17) is 19.9 Å². The zero-order valence-electron chi connectivity index (χ0n) is 13.7. The number of nitrogen functional groups attached to an aromatic ring is 1. The number of benzene rings is 2. The fourth-order valence-electron chi connectivity index (χ4n) is 2.91. The maximum Gasteiger partial charge on any atom is 0.309 e. The van der Waals surface area contributed by atoms with Gasteiger partial charge in [0.25, 0.3) is 0 Å². The summed E-state index contributed by atoms with van der Waals surface area (Å²) in [4.78, 5) is 12.1. The van der Waals surface area contributed by atoms with Crippen LogP contribution in [0.1, 0.15) is 17.5 Å². The van der Waals surface area contributed by atoms with Gasteiger partial charge >= 0.3 is 5.97 Å². The molecule has 2 N–H and O–H groups in total. The van der Waals surface area contributed by atoms with E-state index in [1.807, 2.05) is 42.5 Å². The predicted molar refractivity (Wildman–Crippen MR) is 91.0 cm³/mol. The molecule has 0 saturated carbocycles. The van der Waals surface area contributed by atoms with Crippen LogP contribution in [0.15, 0.2) is 42.5 Å². The topological polar surface area (TPSA) is 70.8 Å². The largest absolute Gasteiger partial charge is 0.469 e. The van der Waals surface area contributed by atoms with Gasteiger partial charge in [0.05, 0.1) is 13.0 Å². The fourth-order valence-corrected chi connectivity index (χ4v) is 2.91. The number of rotatable bonds is 6. The standard InChI is InChI=1S/C19H21NO4/c1-22-19(21)15(8-7-14-4-2-3-5-16(14)20)10-13-6-9-17-18(11-13)24-12-23-17/h2-6,9,11,15H,7-8,10,12,20H2,1H3. The monoisotopic (exact) mass is 327 g/mol. The number of para-hydroxylation sites is 1. The van der Waals surface area contributed by atoms with Crippen LogP contribution < -0.4 is 15.2 Å². The van der Waals surface area contributed by atoms with E-state index >= 15 is 0 Å². The molecule has 0 amide bonds. The number of fused-ring (bicyclic) bond motifs is 1. The molecule has 24 heavy (non-hydrogen) atoms. The summed E-state index contributed by atoms with van der Waals surface area (Å²) in [6, 6.07) is 13.5. The number of hydrogen-bond donors (Lipinski definition) is 1. The lowest BCUT2D eigenvalue weighted by molar-refractivity contribution is -0.145. The van der Waals surface area contributed by atoms with Crippen LogP contribution in [0.5, 0.6) is 11.5 Å². The Kier molecular flexibility index (Phi) is 4.89. The van der Waals surface area contributed by atoms with Crippen LogP contribution in [-0.4, -0.2) is 19.9 Å². The fraction of sp³-hybridized carbons (Fsp3) is 0.316.